The predicted octanol–water partition coefficient (Wildman–Crippen LogP) is 5.16. The molecule has 0 aromatic heterocycles. The lowest BCUT2D eigenvalue weighted by atomic mass is 10.1. The number of carbonyl (C=O) groups excluding carboxylic acids is 3. The lowest BCUT2D eigenvalue weighted by molar-refractivity contribution is -0.385. The Morgan fingerprint density at radius 3 is 1.90 bits per heavy atom. The highest BCUT2D eigenvalue weighted by Crippen LogP contribution is 2.38. The zero-order chi connectivity index (χ0) is 35.5. The van der Waals surface area contributed by atoms with Crippen LogP contribution in [0.15, 0.2) is 90.0 Å². The van der Waals surface area contributed by atoms with Crippen molar-refractivity contribution in [3.8, 4) is 23.0 Å². The first-order valence-corrected chi connectivity index (χ1v) is 14.0. The largest absolute Gasteiger partial charge is 0.493 e. The Bertz CT molecular complexity index is 1930. The number of nitro benzene ring substituents is 2. The topological polar surface area (TPSA) is 211 Å². The molecule has 0 fully saturated rings. The molecule has 0 saturated heterocycles. The van der Waals surface area contributed by atoms with Gasteiger partial charge in [0.05, 0.1) is 37.4 Å². The normalized spacial score (nSPS) is 10.8. The van der Waals surface area contributed by atoms with Gasteiger partial charge < -0.3 is 24.3 Å². The Labute approximate surface area is 277 Å². The Balaban J connectivity index is 1.41. The smallest absolute Gasteiger partial charge is 0.336 e. The molecule has 4 aromatic carbocycles. The molecule has 16 heteroatoms. The van der Waals surface area contributed by atoms with E-state index < -0.39 is 27.6 Å². The SMILES string of the molecule is COc1cc(C(=O)Nc2ccc(C(=O)N/N=C/c3cc([N+](=O)[O-])ccc3OC(=O)/C=C/c3ccc([N+](=O)[O-])cc3)cc2)cc(OC)c1OC. The van der Waals surface area contributed by atoms with Crippen molar-refractivity contribution < 1.29 is 43.2 Å². The van der Waals surface area contributed by atoms with Crippen molar-refractivity contribution in [3.05, 3.63) is 127 Å². The number of amides is 2. The number of methoxy groups -OCH3 is 3. The molecule has 16 nitrogen and oxygen atoms in total. The first-order chi connectivity index (χ1) is 23.5. The van der Waals surface area contributed by atoms with E-state index in [0.717, 1.165) is 24.4 Å². The van der Waals surface area contributed by atoms with Crippen molar-refractivity contribution in [2.24, 2.45) is 5.10 Å². The predicted molar refractivity (Wildman–Crippen MR) is 176 cm³/mol. The van der Waals surface area contributed by atoms with Gasteiger partial charge in [-0.1, -0.05) is 0 Å². The third-order valence-corrected chi connectivity index (χ3v) is 6.63. The second-order valence-corrected chi connectivity index (χ2v) is 9.73. The van der Waals surface area contributed by atoms with Crippen LogP contribution in [0.1, 0.15) is 31.8 Å². The van der Waals surface area contributed by atoms with Gasteiger partial charge in [0.1, 0.15) is 5.75 Å². The van der Waals surface area contributed by atoms with E-state index in [1.807, 2.05) is 0 Å². The van der Waals surface area contributed by atoms with E-state index in [-0.39, 0.29) is 33.8 Å². The number of carbonyl (C=O) groups is 3. The Morgan fingerprint density at radius 1 is 0.714 bits per heavy atom. The molecule has 250 valence electrons. The molecular formula is C33H27N5O11. The summed E-state index contributed by atoms with van der Waals surface area (Å²) in [6.45, 7) is 0. The molecule has 4 aromatic rings. The number of hydrazone groups is 1. The molecule has 0 bridgehead atoms. The van der Waals surface area contributed by atoms with Crippen LogP contribution < -0.4 is 29.7 Å². The van der Waals surface area contributed by atoms with Gasteiger partial charge in [0.25, 0.3) is 23.2 Å². The average Bonchev–Trinajstić information content (AvgIpc) is 3.10. The van der Waals surface area contributed by atoms with E-state index in [1.165, 1.54) is 94.1 Å². The fraction of sp³-hybridized carbons (Fsp3) is 0.0909. The van der Waals surface area contributed by atoms with Gasteiger partial charge in [0, 0.05) is 52.7 Å². The van der Waals surface area contributed by atoms with Gasteiger partial charge in [0.2, 0.25) is 5.75 Å². The van der Waals surface area contributed by atoms with Gasteiger partial charge in [-0.15, -0.1) is 0 Å². The number of anilines is 1. The first-order valence-electron chi connectivity index (χ1n) is 14.0. The molecule has 0 heterocycles. The number of nitrogens with zero attached hydrogens (tertiary/aromatic N) is 3. The van der Waals surface area contributed by atoms with E-state index >= 15 is 0 Å². The summed E-state index contributed by atoms with van der Waals surface area (Å²) in [6, 6.07) is 17.7. The van der Waals surface area contributed by atoms with Crippen LogP contribution in [-0.4, -0.2) is 55.2 Å². The molecular weight excluding hydrogens is 642 g/mol. The van der Waals surface area contributed by atoms with E-state index in [0.29, 0.717) is 28.5 Å². The summed E-state index contributed by atoms with van der Waals surface area (Å²) < 4.78 is 21.1. The first kappa shape index (κ1) is 34.8. The molecule has 0 saturated carbocycles. The highest BCUT2D eigenvalue weighted by atomic mass is 16.6. The number of hydrogen-bond donors (Lipinski definition) is 2. The van der Waals surface area contributed by atoms with Crippen LogP contribution in [0, 0.1) is 20.2 Å². The van der Waals surface area contributed by atoms with E-state index in [2.05, 4.69) is 15.8 Å². The molecule has 0 unspecified atom stereocenters. The van der Waals surface area contributed by atoms with Crippen LogP contribution in [0.3, 0.4) is 0 Å². The number of nitrogens with one attached hydrogen (secondary N) is 2. The zero-order valence-corrected chi connectivity index (χ0v) is 26.1. The van der Waals surface area contributed by atoms with Gasteiger partial charge in [-0.05, 0) is 66.2 Å². The number of rotatable bonds is 13. The quantitative estimate of drug-likeness (QED) is 0.0474. The van der Waals surface area contributed by atoms with Crippen molar-refractivity contribution in [3.63, 3.8) is 0 Å². The number of benzene rings is 4. The lowest BCUT2D eigenvalue weighted by Gasteiger charge is -2.14. The summed E-state index contributed by atoms with van der Waals surface area (Å²) in [4.78, 5) is 59.0. The molecule has 0 spiro atoms. The van der Waals surface area contributed by atoms with Gasteiger partial charge in [-0.2, -0.15) is 5.10 Å². The van der Waals surface area contributed by atoms with E-state index in [1.54, 1.807) is 0 Å². The molecule has 2 N–H and O–H groups in total. The molecule has 0 radical (unpaired) electrons. The summed E-state index contributed by atoms with van der Waals surface area (Å²) >= 11 is 0. The molecule has 0 aliphatic heterocycles. The number of nitro groups is 2. The lowest BCUT2D eigenvalue weighted by Crippen LogP contribution is -2.18. The van der Waals surface area contributed by atoms with E-state index in [4.69, 9.17) is 18.9 Å². The third kappa shape index (κ3) is 9.01. The second kappa shape index (κ2) is 15.9. The van der Waals surface area contributed by atoms with Crippen molar-refractivity contribution in [2.45, 2.75) is 0 Å². The summed E-state index contributed by atoms with van der Waals surface area (Å²) in [5, 5.41) is 28.7. The summed E-state index contributed by atoms with van der Waals surface area (Å²) in [6.07, 6.45) is 3.51. The monoisotopic (exact) mass is 669 g/mol. The van der Waals surface area contributed by atoms with Crippen LogP contribution in [0.5, 0.6) is 23.0 Å². The number of esters is 1. The highest BCUT2D eigenvalue weighted by molar-refractivity contribution is 6.05. The maximum atomic E-state index is 12.9. The van der Waals surface area contributed by atoms with Crippen LogP contribution in [0.25, 0.3) is 6.08 Å². The second-order valence-electron chi connectivity index (χ2n) is 9.73. The third-order valence-electron chi connectivity index (χ3n) is 6.63. The van der Waals surface area contributed by atoms with Gasteiger partial charge >= 0.3 is 5.97 Å². The number of ether oxygens (including phenoxy) is 4. The number of non-ortho nitro benzene ring substituents is 2. The maximum Gasteiger partial charge on any atom is 0.336 e. The van der Waals surface area contributed by atoms with Crippen LogP contribution in [0.2, 0.25) is 0 Å². The van der Waals surface area contributed by atoms with Crippen molar-refractivity contribution >= 4 is 47.1 Å². The molecule has 0 aliphatic rings. The molecule has 49 heavy (non-hydrogen) atoms. The maximum absolute atomic E-state index is 12.9. The van der Waals surface area contributed by atoms with Gasteiger partial charge in [-0.25, -0.2) is 10.2 Å². The molecule has 0 aliphatic carbocycles. The molecule has 0 atom stereocenters. The minimum absolute atomic E-state index is 0.0106. The van der Waals surface area contributed by atoms with E-state index in [9.17, 15) is 34.6 Å². The fourth-order valence-corrected chi connectivity index (χ4v) is 4.20. The van der Waals surface area contributed by atoms with Crippen molar-refractivity contribution in [2.75, 3.05) is 26.6 Å². The minimum atomic E-state index is -0.844. The fourth-order valence-electron chi connectivity index (χ4n) is 4.20. The summed E-state index contributed by atoms with van der Waals surface area (Å²) in [5.41, 5.74) is 3.14. The summed E-state index contributed by atoms with van der Waals surface area (Å²) in [7, 11) is 4.30. The van der Waals surface area contributed by atoms with Crippen LogP contribution in [0.4, 0.5) is 17.1 Å². The van der Waals surface area contributed by atoms with Crippen molar-refractivity contribution in [1.29, 1.82) is 0 Å². The molecule has 4 rings (SSSR count). The van der Waals surface area contributed by atoms with Crippen LogP contribution in [-0.2, 0) is 4.79 Å². The van der Waals surface area contributed by atoms with Gasteiger partial charge in [-0.3, -0.25) is 29.8 Å². The standard InChI is InChI=1S/C33H27N5O11/c1-46-28-17-22(18-29(47-2)31(28)48-3)32(40)35-24-9-7-21(8-10-24)33(41)36-34-19-23-16-26(38(44)45)13-14-27(23)49-30(39)15-6-20-4-11-25(12-5-20)37(42)43/h4-19H,1-3H3,(H,35,40)(H,36,41)/b15-6+,34-19+. The van der Waals surface area contributed by atoms with Gasteiger partial charge in [0.15, 0.2) is 11.5 Å². The summed E-state index contributed by atoms with van der Waals surface area (Å²) in [5.74, 6) is -1.13. The zero-order valence-electron chi connectivity index (χ0n) is 26.1. The Hall–Kier alpha value is -7.10. The Kier molecular flexibility index (Phi) is 11.3. The van der Waals surface area contributed by atoms with Crippen molar-refractivity contribution in [1.82, 2.24) is 5.43 Å². The Morgan fingerprint density at radius 2 is 1.33 bits per heavy atom. The molecule has 2 amide bonds. The highest BCUT2D eigenvalue weighted by Gasteiger charge is 2.18. The number of hydrogen-bond acceptors (Lipinski definition) is 12. The average molecular weight is 670 g/mol. The van der Waals surface area contributed by atoms with Crippen LogP contribution >= 0.6 is 0 Å². The minimum Gasteiger partial charge on any atom is -0.493 e.